The van der Waals surface area contributed by atoms with E-state index in [1.165, 1.54) is 4.90 Å². The molecule has 0 radical (unpaired) electrons. The number of rotatable bonds is 5. The van der Waals surface area contributed by atoms with Crippen LogP contribution in [0.1, 0.15) is 24.8 Å². The van der Waals surface area contributed by atoms with Crippen LogP contribution in [-0.2, 0) is 11.3 Å². The molecule has 2 amide bonds. The van der Waals surface area contributed by atoms with E-state index in [-0.39, 0.29) is 11.9 Å². The smallest absolute Gasteiger partial charge is 0.407 e. The molecule has 2 heterocycles. The zero-order valence-corrected chi connectivity index (χ0v) is 15.3. The van der Waals surface area contributed by atoms with Crippen LogP contribution in [0.2, 0.25) is 0 Å². The molecular weight excluding hydrogens is 338 g/mol. The summed E-state index contributed by atoms with van der Waals surface area (Å²) < 4.78 is 0. The number of thioether (sulfide) groups is 1. The van der Waals surface area contributed by atoms with Gasteiger partial charge in [-0.05, 0) is 24.0 Å². The van der Waals surface area contributed by atoms with Crippen molar-refractivity contribution >= 4 is 23.8 Å². The van der Waals surface area contributed by atoms with E-state index in [4.69, 9.17) is 0 Å². The fraction of sp³-hybridized carbons (Fsp3) is 0.556. The lowest BCUT2D eigenvalue weighted by Crippen LogP contribution is -2.59. The van der Waals surface area contributed by atoms with Gasteiger partial charge in [-0.15, -0.1) is 0 Å². The second kappa shape index (κ2) is 7.66. The molecule has 2 N–H and O–H groups in total. The third-order valence-electron chi connectivity index (χ3n) is 5.18. The molecule has 136 valence electrons. The zero-order chi connectivity index (χ0) is 17.9. The summed E-state index contributed by atoms with van der Waals surface area (Å²) in [5.74, 6) is 1.07. The van der Waals surface area contributed by atoms with E-state index in [0.717, 1.165) is 17.7 Å². The maximum atomic E-state index is 13.0. The van der Waals surface area contributed by atoms with E-state index in [0.29, 0.717) is 32.5 Å². The highest BCUT2D eigenvalue weighted by Crippen LogP contribution is 2.34. The van der Waals surface area contributed by atoms with Gasteiger partial charge in [-0.3, -0.25) is 10.1 Å². The van der Waals surface area contributed by atoms with Crippen LogP contribution in [0.25, 0.3) is 0 Å². The number of benzene rings is 1. The molecule has 0 saturated carbocycles. The van der Waals surface area contributed by atoms with Gasteiger partial charge in [0.2, 0.25) is 5.91 Å². The lowest BCUT2D eigenvalue weighted by atomic mass is 9.95. The molecule has 25 heavy (non-hydrogen) atoms. The Bertz CT molecular complexity index is 617. The molecule has 0 aliphatic carbocycles. The lowest BCUT2D eigenvalue weighted by Gasteiger charge is -2.44. The molecule has 1 unspecified atom stereocenters. The van der Waals surface area contributed by atoms with Gasteiger partial charge in [-0.25, -0.2) is 4.79 Å². The average Bonchev–Trinajstić information content (AvgIpc) is 2.87. The minimum Gasteiger partial charge on any atom is -0.465 e. The topological polar surface area (TPSA) is 72.9 Å². The van der Waals surface area contributed by atoms with Crippen molar-refractivity contribution in [3.63, 3.8) is 0 Å². The molecular formula is C18H25N3O3S. The minimum absolute atomic E-state index is 0.140. The number of nitrogens with zero attached hydrogens (tertiary/aromatic N) is 2. The molecule has 2 aliphatic rings. The van der Waals surface area contributed by atoms with Gasteiger partial charge in [0.25, 0.3) is 0 Å². The van der Waals surface area contributed by atoms with E-state index >= 15 is 0 Å². The summed E-state index contributed by atoms with van der Waals surface area (Å²) in [5, 5.41) is 12.8. The highest BCUT2D eigenvalue weighted by molar-refractivity contribution is 7.98. The molecule has 2 aliphatic heterocycles. The molecule has 1 aromatic rings. The Kier molecular flexibility index (Phi) is 5.54. The predicted octanol–water partition coefficient (Wildman–Crippen LogP) is 2.21. The number of amides is 2. The molecule has 2 fully saturated rings. The van der Waals surface area contributed by atoms with Gasteiger partial charge in [0.05, 0.1) is 11.7 Å². The van der Waals surface area contributed by atoms with Crippen LogP contribution in [0.5, 0.6) is 0 Å². The van der Waals surface area contributed by atoms with Gasteiger partial charge >= 0.3 is 6.09 Å². The third-order valence-corrected chi connectivity index (χ3v) is 5.82. The number of hydrogen-bond donors (Lipinski definition) is 2. The molecule has 1 aromatic carbocycles. The number of nitrogens with one attached hydrogen (secondary N) is 1. The van der Waals surface area contributed by atoms with Crippen molar-refractivity contribution in [1.82, 2.24) is 15.1 Å². The zero-order valence-electron chi connectivity index (χ0n) is 14.5. The fourth-order valence-corrected chi connectivity index (χ4v) is 4.24. The maximum absolute atomic E-state index is 13.0. The number of likely N-dealkylation sites (tertiary alicyclic amines) is 1. The first kappa shape index (κ1) is 18.1. The summed E-state index contributed by atoms with van der Waals surface area (Å²) in [6.45, 7) is 1.47. The maximum Gasteiger partial charge on any atom is 0.407 e. The Morgan fingerprint density at radius 1 is 1.32 bits per heavy atom. The number of carbonyl (C=O) groups is 2. The van der Waals surface area contributed by atoms with Gasteiger partial charge in [-0.2, -0.15) is 11.8 Å². The number of carbonyl (C=O) groups excluding carboxylic acids is 1. The molecule has 6 nitrogen and oxygen atoms in total. The van der Waals surface area contributed by atoms with Gasteiger partial charge in [0.1, 0.15) is 0 Å². The summed E-state index contributed by atoms with van der Waals surface area (Å²) in [6, 6.07) is 9.82. The fourth-order valence-electron chi connectivity index (χ4n) is 3.77. The molecule has 1 atom stereocenters. The van der Waals surface area contributed by atoms with Gasteiger partial charge in [0.15, 0.2) is 0 Å². The standard InChI is InChI=1S/C18H25N3O3S/c1-25-12-7-15-16(22)21(13-14-5-3-2-4-6-14)18(19-15)8-10-20(11-9-18)17(23)24/h2-6,15,19H,7-13H2,1H3,(H,23,24). The number of hydrogen-bond acceptors (Lipinski definition) is 4. The lowest BCUT2D eigenvalue weighted by molar-refractivity contribution is -0.134. The van der Waals surface area contributed by atoms with Crippen LogP contribution in [0.15, 0.2) is 30.3 Å². The first-order chi connectivity index (χ1) is 12.1. The summed E-state index contributed by atoms with van der Waals surface area (Å²) in [6.07, 6.45) is 3.23. The minimum atomic E-state index is -0.882. The largest absolute Gasteiger partial charge is 0.465 e. The van der Waals surface area contributed by atoms with Crippen molar-refractivity contribution in [3.8, 4) is 0 Å². The Hall–Kier alpha value is -1.73. The van der Waals surface area contributed by atoms with Crippen molar-refractivity contribution in [2.24, 2.45) is 0 Å². The van der Waals surface area contributed by atoms with E-state index in [1.807, 2.05) is 41.5 Å². The van der Waals surface area contributed by atoms with Crippen molar-refractivity contribution in [3.05, 3.63) is 35.9 Å². The van der Waals surface area contributed by atoms with Crippen molar-refractivity contribution in [2.75, 3.05) is 25.1 Å². The molecule has 7 heteroatoms. The SMILES string of the molecule is CSCCC1NC2(CCN(C(=O)O)CC2)N(Cc2ccccc2)C1=O. The van der Waals surface area contributed by atoms with Crippen LogP contribution in [-0.4, -0.2) is 63.7 Å². The predicted molar refractivity (Wildman–Crippen MR) is 98.5 cm³/mol. The third kappa shape index (κ3) is 3.77. The van der Waals surface area contributed by atoms with Crippen LogP contribution in [0.3, 0.4) is 0 Å². The summed E-state index contributed by atoms with van der Waals surface area (Å²) in [4.78, 5) is 27.6. The van der Waals surface area contributed by atoms with Gasteiger partial charge in [0, 0.05) is 32.5 Å². The highest BCUT2D eigenvalue weighted by Gasteiger charge is 2.51. The Balaban J connectivity index is 1.80. The molecule has 2 saturated heterocycles. The van der Waals surface area contributed by atoms with E-state index in [9.17, 15) is 14.7 Å². The molecule has 3 rings (SSSR count). The van der Waals surface area contributed by atoms with Crippen LogP contribution in [0.4, 0.5) is 4.79 Å². The van der Waals surface area contributed by atoms with Crippen LogP contribution < -0.4 is 5.32 Å². The molecule has 1 spiro atoms. The summed E-state index contributed by atoms with van der Waals surface area (Å²) >= 11 is 1.74. The molecule has 0 aromatic heterocycles. The van der Waals surface area contributed by atoms with Crippen LogP contribution >= 0.6 is 11.8 Å². The summed E-state index contributed by atoms with van der Waals surface area (Å²) in [7, 11) is 0. The van der Waals surface area contributed by atoms with Crippen molar-refractivity contribution in [1.29, 1.82) is 0 Å². The first-order valence-electron chi connectivity index (χ1n) is 8.66. The normalized spacial score (nSPS) is 22.6. The number of piperidine rings is 1. The highest BCUT2D eigenvalue weighted by atomic mass is 32.2. The number of carboxylic acid groups (broad SMARTS) is 1. The Morgan fingerprint density at radius 2 is 2.00 bits per heavy atom. The average molecular weight is 363 g/mol. The van der Waals surface area contributed by atoms with E-state index in [1.54, 1.807) is 11.8 Å². The van der Waals surface area contributed by atoms with Gasteiger partial charge in [-0.1, -0.05) is 30.3 Å². The van der Waals surface area contributed by atoms with Crippen molar-refractivity contribution in [2.45, 2.75) is 37.5 Å². The second-order valence-corrected chi connectivity index (χ2v) is 7.68. The first-order valence-corrected chi connectivity index (χ1v) is 10.0. The van der Waals surface area contributed by atoms with E-state index in [2.05, 4.69) is 5.32 Å². The monoisotopic (exact) mass is 363 g/mol. The van der Waals surface area contributed by atoms with Gasteiger partial charge < -0.3 is 14.9 Å². The molecule has 0 bridgehead atoms. The summed E-state index contributed by atoms with van der Waals surface area (Å²) in [5.41, 5.74) is 0.672. The Labute approximate surface area is 152 Å². The second-order valence-electron chi connectivity index (χ2n) is 6.69. The van der Waals surface area contributed by atoms with E-state index < -0.39 is 11.8 Å². The van der Waals surface area contributed by atoms with Crippen molar-refractivity contribution < 1.29 is 14.7 Å². The quantitative estimate of drug-likeness (QED) is 0.839. The van der Waals surface area contributed by atoms with Crippen LogP contribution in [0, 0.1) is 0 Å². The Morgan fingerprint density at radius 3 is 2.60 bits per heavy atom.